The SMILES string of the molecule is C/C=C/Cc1ccc(-c2ccc(-c3ccc(CC)cc3)cc2F)cc1. The molecule has 0 nitrogen and oxygen atoms in total. The standard InChI is InChI=1S/C24H23F/c1-3-5-6-19-9-13-21(14-10-19)23-16-15-22(17-24(23)25)20-11-7-18(4-2)8-12-20/h3,5,7-17H,4,6H2,1-2H3/b5-3+. The van der Waals surface area contributed by atoms with E-state index in [1.54, 1.807) is 6.07 Å². The number of hydrogen-bond donors (Lipinski definition) is 0. The topological polar surface area (TPSA) is 0 Å². The Bertz CT molecular complexity index is 856. The fraction of sp³-hybridized carbons (Fsp3) is 0.167. The summed E-state index contributed by atoms with van der Waals surface area (Å²) in [6.07, 6.45) is 6.08. The van der Waals surface area contributed by atoms with Crippen LogP contribution in [0.25, 0.3) is 22.3 Å². The zero-order valence-electron chi connectivity index (χ0n) is 14.8. The lowest BCUT2D eigenvalue weighted by atomic mass is 9.98. The molecule has 0 aromatic heterocycles. The molecular weight excluding hydrogens is 307 g/mol. The van der Waals surface area contributed by atoms with Gasteiger partial charge in [-0.3, -0.25) is 0 Å². The van der Waals surface area contributed by atoms with Crippen LogP contribution in [-0.4, -0.2) is 0 Å². The van der Waals surface area contributed by atoms with Crippen LogP contribution in [-0.2, 0) is 12.8 Å². The molecule has 25 heavy (non-hydrogen) atoms. The van der Waals surface area contributed by atoms with Crippen molar-refractivity contribution in [2.45, 2.75) is 26.7 Å². The second-order valence-corrected chi connectivity index (χ2v) is 6.22. The van der Waals surface area contributed by atoms with E-state index in [4.69, 9.17) is 0 Å². The first-order valence-corrected chi connectivity index (χ1v) is 8.80. The molecule has 3 rings (SSSR count). The first kappa shape index (κ1) is 17.2. The van der Waals surface area contributed by atoms with Gasteiger partial charge in [-0.2, -0.15) is 0 Å². The van der Waals surface area contributed by atoms with Crippen LogP contribution in [0.1, 0.15) is 25.0 Å². The smallest absolute Gasteiger partial charge is 0.131 e. The highest BCUT2D eigenvalue weighted by Gasteiger charge is 2.07. The Morgan fingerprint density at radius 1 is 0.760 bits per heavy atom. The van der Waals surface area contributed by atoms with Crippen molar-refractivity contribution in [2.24, 2.45) is 0 Å². The van der Waals surface area contributed by atoms with E-state index < -0.39 is 0 Å². The van der Waals surface area contributed by atoms with Crippen LogP contribution >= 0.6 is 0 Å². The Hall–Kier alpha value is -2.67. The summed E-state index contributed by atoms with van der Waals surface area (Å²) < 4.78 is 14.7. The molecule has 0 aliphatic heterocycles. The second kappa shape index (κ2) is 7.94. The largest absolute Gasteiger partial charge is 0.206 e. The summed E-state index contributed by atoms with van der Waals surface area (Å²) in [5, 5.41) is 0. The van der Waals surface area contributed by atoms with Gasteiger partial charge in [0.2, 0.25) is 0 Å². The van der Waals surface area contributed by atoms with Crippen molar-refractivity contribution in [2.75, 3.05) is 0 Å². The zero-order chi connectivity index (χ0) is 17.6. The third-order valence-electron chi connectivity index (χ3n) is 4.52. The lowest BCUT2D eigenvalue weighted by molar-refractivity contribution is 0.632. The highest BCUT2D eigenvalue weighted by molar-refractivity contribution is 5.71. The lowest BCUT2D eigenvalue weighted by Crippen LogP contribution is -1.88. The molecule has 3 aromatic rings. The van der Waals surface area contributed by atoms with Gasteiger partial charge in [0.05, 0.1) is 0 Å². The molecule has 0 N–H and O–H groups in total. The van der Waals surface area contributed by atoms with Crippen molar-refractivity contribution in [3.8, 4) is 22.3 Å². The Morgan fingerprint density at radius 2 is 1.36 bits per heavy atom. The van der Waals surface area contributed by atoms with Crippen molar-refractivity contribution in [3.63, 3.8) is 0 Å². The van der Waals surface area contributed by atoms with E-state index in [-0.39, 0.29) is 5.82 Å². The number of hydrogen-bond acceptors (Lipinski definition) is 0. The molecule has 3 aromatic carbocycles. The highest BCUT2D eigenvalue weighted by Crippen LogP contribution is 2.28. The predicted octanol–water partition coefficient (Wildman–Crippen LogP) is 6.84. The van der Waals surface area contributed by atoms with Gasteiger partial charge in [-0.15, -0.1) is 0 Å². The van der Waals surface area contributed by atoms with Crippen LogP contribution in [0.5, 0.6) is 0 Å². The van der Waals surface area contributed by atoms with Crippen molar-refractivity contribution < 1.29 is 4.39 Å². The van der Waals surface area contributed by atoms with Gasteiger partial charge in [0, 0.05) is 5.56 Å². The number of benzene rings is 3. The number of allylic oxidation sites excluding steroid dienone is 2. The minimum Gasteiger partial charge on any atom is -0.206 e. The molecule has 0 atom stereocenters. The van der Waals surface area contributed by atoms with E-state index >= 15 is 0 Å². The molecule has 0 fully saturated rings. The Labute approximate surface area is 149 Å². The molecule has 0 unspecified atom stereocenters. The van der Waals surface area contributed by atoms with E-state index in [1.165, 1.54) is 11.1 Å². The summed E-state index contributed by atoms with van der Waals surface area (Å²) in [6.45, 7) is 4.15. The van der Waals surface area contributed by atoms with Gasteiger partial charge in [0.15, 0.2) is 0 Å². The van der Waals surface area contributed by atoms with Crippen molar-refractivity contribution >= 4 is 0 Å². The molecule has 0 spiro atoms. The fourth-order valence-electron chi connectivity index (χ4n) is 2.94. The number of halogens is 1. The van der Waals surface area contributed by atoms with Gasteiger partial charge in [-0.1, -0.05) is 79.7 Å². The first-order valence-electron chi connectivity index (χ1n) is 8.80. The van der Waals surface area contributed by atoms with E-state index in [1.807, 2.05) is 37.3 Å². The Morgan fingerprint density at radius 3 is 1.96 bits per heavy atom. The first-order chi connectivity index (χ1) is 12.2. The van der Waals surface area contributed by atoms with Crippen LogP contribution < -0.4 is 0 Å². The molecular formula is C24H23F. The molecule has 1 heteroatoms. The second-order valence-electron chi connectivity index (χ2n) is 6.22. The van der Waals surface area contributed by atoms with Gasteiger partial charge >= 0.3 is 0 Å². The van der Waals surface area contributed by atoms with Gasteiger partial charge in [0.25, 0.3) is 0 Å². The molecule has 0 aliphatic rings. The molecule has 126 valence electrons. The molecule has 0 saturated heterocycles. The maximum Gasteiger partial charge on any atom is 0.131 e. The maximum absolute atomic E-state index is 14.7. The summed E-state index contributed by atoms with van der Waals surface area (Å²) in [5.41, 5.74) is 6.04. The summed E-state index contributed by atoms with van der Waals surface area (Å²) >= 11 is 0. The van der Waals surface area contributed by atoms with Crippen LogP contribution in [0, 0.1) is 5.82 Å². The average molecular weight is 330 g/mol. The number of rotatable bonds is 5. The fourth-order valence-corrected chi connectivity index (χ4v) is 2.94. The summed E-state index contributed by atoms with van der Waals surface area (Å²) in [6, 6.07) is 21.9. The van der Waals surface area contributed by atoms with Crippen LogP contribution in [0.15, 0.2) is 78.9 Å². The van der Waals surface area contributed by atoms with Crippen LogP contribution in [0.4, 0.5) is 4.39 Å². The maximum atomic E-state index is 14.7. The minimum atomic E-state index is -0.182. The third kappa shape index (κ3) is 4.06. The molecule has 0 heterocycles. The average Bonchev–Trinajstić information content (AvgIpc) is 2.67. The van der Waals surface area contributed by atoms with Crippen LogP contribution in [0.3, 0.4) is 0 Å². The summed E-state index contributed by atoms with van der Waals surface area (Å²) in [4.78, 5) is 0. The van der Waals surface area contributed by atoms with Gasteiger partial charge in [-0.05, 0) is 53.6 Å². The lowest BCUT2D eigenvalue weighted by Gasteiger charge is -2.08. The molecule has 0 saturated carbocycles. The zero-order valence-corrected chi connectivity index (χ0v) is 14.8. The molecule has 0 radical (unpaired) electrons. The normalized spacial score (nSPS) is 11.2. The third-order valence-corrected chi connectivity index (χ3v) is 4.52. The molecule has 0 amide bonds. The molecule has 0 aliphatic carbocycles. The highest BCUT2D eigenvalue weighted by atomic mass is 19.1. The van der Waals surface area contributed by atoms with Gasteiger partial charge in [-0.25, -0.2) is 4.39 Å². The summed E-state index contributed by atoms with van der Waals surface area (Å²) in [5.74, 6) is -0.182. The summed E-state index contributed by atoms with van der Waals surface area (Å²) in [7, 11) is 0. The minimum absolute atomic E-state index is 0.182. The van der Waals surface area contributed by atoms with Gasteiger partial charge in [0.1, 0.15) is 5.82 Å². The Balaban J connectivity index is 1.86. The molecule has 0 bridgehead atoms. The number of aryl methyl sites for hydroxylation is 1. The van der Waals surface area contributed by atoms with Crippen LogP contribution in [0.2, 0.25) is 0 Å². The van der Waals surface area contributed by atoms with E-state index in [9.17, 15) is 4.39 Å². The predicted molar refractivity (Wildman–Crippen MR) is 105 cm³/mol. The van der Waals surface area contributed by atoms with Crippen molar-refractivity contribution in [3.05, 3.63) is 95.8 Å². The monoisotopic (exact) mass is 330 g/mol. The Kier molecular flexibility index (Phi) is 5.45. The van der Waals surface area contributed by atoms with E-state index in [0.717, 1.165) is 29.5 Å². The van der Waals surface area contributed by atoms with E-state index in [0.29, 0.717) is 5.56 Å². The van der Waals surface area contributed by atoms with E-state index in [2.05, 4.69) is 49.4 Å². The van der Waals surface area contributed by atoms with Crippen molar-refractivity contribution in [1.29, 1.82) is 0 Å². The van der Waals surface area contributed by atoms with Gasteiger partial charge < -0.3 is 0 Å². The van der Waals surface area contributed by atoms with Crippen molar-refractivity contribution in [1.82, 2.24) is 0 Å². The quantitative estimate of drug-likeness (QED) is 0.449.